The van der Waals surface area contributed by atoms with Crippen LogP contribution in [-0.2, 0) is 17.9 Å². The SMILES string of the molecule is O=C(Cn1cnc2c(nnn2Cc2ccc(Cl)cc2)c1=O)Nc1ccc(Cl)cc1F. The van der Waals surface area contributed by atoms with Crippen LogP contribution in [0, 0.1) is 5.82 Å². The van der Waals surface area contributed by atoms with E-state index < -0.39 is 17.3 Å². The molecule has 4 rings (SSSR count). The van der Waals surface area contributed by atoms with Crippen LogP contribution in [0.2, 0.25) is 10.0 Å². The lowest BCUT2D eigenvalue weighted by atomic mass is 10.2. The molecule has 4 aromatic rings. The second kappa shape index (κ2) is 8.21. The Morgan fingerprint density at radius 3 is 2.57 bits per heavy atom. The maximum absolute atomic E-state index is 13.8. The van der Waals surface area contributed by atoms with Crippen molar-refractivity contribution in [2.24, 2.45) is 0 Å². The number of nitrogens with one attached hydrogen (secondary N) is 1. The van der Waals surface area contributed by atoms with Gasteiger partial charge in [0.25, 0.3) is 5.56 Å². The number of hydrogen-bond acceptors (Lipinski definition) is 5. The molecule has 0 saturated carbocycles. The Morgan fingerprint density at radius 1 is 1.10 bits per heavy atom. The first-order chi connectivity index (χ1) is 14.4. The van der Waals surface area contributed by atoms with Crippen LogP contribution in [0.15, 0.2) is 53.6 Å². The second-order valence-corrected chi connectivity index (χ2v) is 7.27. The molecule has 0 unspecified atom stereocenters. The lowest BCUT2D eigenvalue weighted by Gasteiger charge is -2.08. The van der Waals surface area contributed by atoms with E-state index in [1.165, 1.54) is 23.1 Å². The van der Waals surface area contributed by atoms with Crippen molar-refractivity contribution in [3.63, 3.8) is 0 Å². The highest BCUT2D eigenvalue weighted by Crippen LogP contribution is 2.19. The van der Waals surface area contributed by atoms with Crippen molar-refractivity contribution >= 4 is 46.0 Å². The number of nitrogens with zero attached hydrogens (tertiary/aromatic N) is 5. The van der Waals surface area contributed by atoms with Crippen LogP contribution in [-0.4, -0.2) is 30.5 Å². The molecule has 0 saturated heterocycles. The number of amides is 1. The summed E-state index contributed by atoms with van der Waals surface area (Å²) in [7, 11) is 0. The molecule has 152 valence electrons. The maximum Gasteiger partial charge on any atom is 0.283 e. The van der Waals surface area contributed by atoms with Crippen molar-refractivity contribution in [1.82, 2.24) is 24.5 Å². The number of carbonyl (C=O) groups is 1. The number of fused-ring (bicyclic) bond motifs is 1. The summed E-state index contributed by atoms with van der Waals surface area (Å²) in [6, 6.07) is 11.0. The quantitative estimate of drug-likeness (QED) is 0.508. The molecule has 0 aliphatic rings. The van der Waals surface area contributed by atoms with Gasteiger partial charge in [-0.1, -0.05) is 40.5 Å². The number of anilines is 1. The maximum atomic E-state index is 13.8. The fourth-order valence-corrected chi connectivity index (χ4v) is 3.09. The first-order valence-corrected chi connectivity index (χ1v) is 9.44. The van der Waals surface area contributed by atoms with Gasteiger partial charge < -0.3 is 5.32 Å². The largest absolute Gasteiger partial charge is 0.322 e. The van der Waals surface area contributed by atoms with E-state index in [1.807, 2.05) is 12.1 Å². The predicted octanol–water partition coefficient (Wildman–Crippen LogP) is 3.12. The summed E-state index contributed by atoms with van der Waals surface area (Å²) in [5, 5.41) is 11.1. The molecule has 0 radical (unpaired) electrons. The van der Waals surface area contributed by atoms with Crippen molar-refractivity contribution < 1.29 is 9.18 Å². The van der Waals surface area contributed by atoms with Gasteiger partial charge in [-0.15, -0.1) is 5.10 Å². The number of carbonyl (C=O) groups excluding carboxylic acids is 1. The van der Waals surface area contributed by atoms with Crippen molar-refractivity contribution in [1.29, 1.82) is 0 Å². The molecule has 2 aromatic carbocycles. The van der Waals surface area contributed by atoms with Gasteiger partial charge in [-0.25, -0.2) is 14.1 Å². The number of halogens is 3. The number of hydrogen-bond donors (Lipinski definition) is 1. The topological polar surface area (TPSA) is 94.7 Å². The van der Waals surface area contributed by atoms with Gasteiger partial charge in [-0.05, 0) is 35.9 Å². The lowest BCUT2D eigenvalue weighted by molar-refractivity contribution is -0.116. The lowest BCUT2D eigenvalue weighted by Crippen LogP contribution is -2.28. The third-order valence-corrected chi connectivity index (χ3v) is 4.74. The summed E-state index contributed by atoms with van der Waals surface area (Å²) in [6.45, 7) is -0.0195. The molecule has 0 aliphatic heterocycles. The van der Waals surface area contributed by atoms with Crippen LogP contribution in [0.5, 0.6) is 0 Å². The standard InChI is InChI=1S/C19H13Cl2FN6O2/c20-12-3-1-11(2-4-12)8-28-18-17(25-26-28)19(30)27(10-23-18)9-16(29)24-15-6-5-13(21)7-14(15)22/h1-7,10H,8-9H2,(H,24,29). The molecule has 2 heterocycles. The third-order valence-electron chi connectivity index (χ3n) is 4.26. The first-order valence-electron chi connectivity index (χ1n) is 8.68. The van der Waals surface area contributed by atoms with Crippen molar-refractivity contribution in [2.45, 2.75) is 13.1 Å². The average molecular weight is 447 g/mol. The molecular weight excluding hydrogens is 434 g/mol. The van der Waals surface area contributed by atoms with Crippen LogP contribution in [0.25, 0.3) is 11.2 Å². The van der Waals surface area contributed by atoms with E-state index in [-0.39, 0.29) is 28.4 Å². The molecule has 30 heavy (non-hydrogen) atoms. The van der Waals surface area contributed by atoms with Crippen LogP contribution in [0.4, 0.5) is 10.1 Å². The fourth-order valence-electron chi connectivity index (χ4n) is 2.80. The Labute approximate surface area is 178 Å². The third kappa shape index (κ3) is 4.17. The molecule has 0 bridgehead atoms. The van der Waals surface area contributed by atoms with Gasteiger partial charge in [0.2, 0.25) is 5.91 Å². The summed E-state index contributed by atoms with van der Waals surface area (Å²) in [4.78, 5) is 29.1. The van der Waals surface area contributed by atoms with Crippen molar-refractivity contribution in [2.75, 3.05) is 5.32 Å². The molecule has 2 aromatic heterocycles. The van der Waals surface area contributed by atoms with Gasteiger partial charge in [0, 0.05) is 10.0 Å². The highest BCUT2D eigenvalue weighted by Gasteiger charge is 2.15. The summed E-state index contributed by atoms with van der Waals surface area (Å²) in [6.07, 6.45) is 1.23. The monoisotopic (exact) mass is 446 g/mol. The van der Waals surface area contributed by atoms with Crippen LogP contribution in [0.1, 0.15) is 5.56 Å². The second-order valence-electron chi connectivity index (χ2n) is 6.40. The molecule has 0 aliphatic carbocycles. The Morgan fingerprint density at radius 2 is 1.83 bits per heavy atom. The van der Waals surface area contributed by atoms with Gasteiger partial charge in [-0.2, -0.15) is 0 Å². The van der Waals surface area contributed by atoms with E-state index in [9.17, 15) is 14.0 Å². The Kier molecular flexibility index (Phi) is 5.47. The summed E-state index contributed by atoms with van der Waals surface area (Å²) in [5.41, 5.74) is 0.642. The van der Waals surface area contributed by atoms with E-state index in [4.69, 9.17) is 23.2 Å². The van der Waals surface area contributed by atoms with Gasteiger partial charge in [0.15, 0.2) is 11.2 Å². The van der Waals surface area contributed by atoms with Gasteiger partial charge in [0.05, 0.1) is 12.2 Å². The zero-order valence-corrected chi connectivity index (χ0v) is 16.7. The smallest absolute Gasteiger partial charge is 0.283 e. The molecule has 0 fully saturated rings. The van der Waals surface area contributed by atoms with Crippen molar-refractivity contribution in [3.05, 3.63) is 80.6 Å². The van der Waals surface area contributed by atoms with E-state index in [0.717, 1.165) is 16.2 Å². The van der Waals surface area contributed by atoms with E-state index in [1.54, 1.807) is 12.1 Å². The van der Waals surface area contributed by atoms with Crippen LogP contribution < -0.4 is 10.9 Å². The van der Waals surface area contributed by atoms with Gasteiger partial charge in [0.1, 0.15) is 18.7 Å². The van der Waals surface area contributed by atoms with Gasteiger partial charge >= 0.3 is 0 Å². The number of aromatic nitrogens is 5. The number of rotatable bonds is 5. The molecule has 11 heteroatoms. The number of benzene rings is 2. The molecule has 1 amide bonds. The van der Waals surface area contributed by atoms with Crippen LogP contribution in [0.3, 0.4) is 0 Å². The molecule has 1 N–H and O–H groups in total. The molecule has 0 spiro atoms. The predicted molar refractivity (Wildman–Crippen MR) is 110 cm³/mol. The fraction of sp³-hybridized carbons (Fsp3) is 0.105. The molecular formula is C19H13Cl2FN6O2. The van der Waals surface area contributed by atoms with Crippen molar-refractivity contribution in [3.8, 4) is 0 Å². The Bertz CT molecular complexity index is 1300. The summed E-state index contributed by atoms with van der Waals surface area (Å²) < 4.78 is 16.4. The first kappa shape index (κ1) is 20.0. The highest BCUT2D eigenvalue weighted by atomic mass is 35.5. The minimum absolute atomic E-state index is 0.0249. The summed E-state index contributed by atoms with van der Waals surface area (Å²) in [5.74, 6) is -1.28. The van der Waals surface area contributed by atoms with Gasteiger partial charge in [-0.3, -0.25) is 14.2 Å². The minimum Gasteiger partial charge on any atom is -0.322 e. The van der Waals surface area contributed by atoms with E-state index in [0.29, 0.717) is 11.6 Å². The minimum atomic E-state index is -0.679. The molecule has 8 nitrogen and oxygen atoms in total. The summed E-state index contributed by atoms with van der Waals surface area (Å²) >= 11 is 11.6. The van der Waals surface area contributed by atoms with E-state index >= 15 is 0 Å². The van der Waals surface area contributed by atoms with Crippen LogP contribution >= 0.6 is 23.2 Å². The Hall–Kier alpha value is -3.30. The van der Waals surface area contributed by atoms with E-state index in [2.05, 4.69) is 20.6 Å². The zero-order chi connectivity index (χ0) is 21.3. The Balaban J connectivity index is 1.54. The molecule has 0 atom stereocenters. The normalized spacial score (nSPS) is 11.0. The highest BCUT2D eigenvalue weighted by molar-refractivity contribution is 6.30. The zero-order valence-electron chi connectivity index (χ0n) is 15.2. The average Bonchev–Trinajstić information content (AvgIpc) is 3.11.